The van der Waals surface area contributed by atoms with Crippen LogP contribution in [0.25, 0.3) is 0 Å². The van der Waals surface area contributed by atoms with E-state index in [2.05, 4.69) is 0 Å². The first-order chi connectivity index (χ1) is 7.74. The van der Waals surface area contributed by atoms with E-state index >= 15 is 0 Å². The van der Waals surface area contributed by atoms with Crippen molar-refractivity contribution < 1.29 is 57.5 Å². The van der Waals surface area contributed by atoms with E-state index in [4.69, 9.17) is 0 Å². The summed E-state index contributed by atoms with van der Waals surface area (Å²) in [5.41, 5.74) is -3.06. The second kappa shape index (κ2) is 7.22. The SMILES string of the molecule is CC(C)(C)C(C(=O)[O-])(C(=O)[O-])c1ccccc1.[Li+].[Li+]. The van der Waals surface area contributed by atoms with Crippen LogP contribution in [0.15, 0.2) is 30.3 Å². The van der Waals surface area contributed by atoms with Crippen LogP contribution in [0.2, 0.25) is 0 Å². The molecule has 1 aromatic rings. The average Bonchev–Trinajstić information content (AvgIpc) is 2.16. The van der Waals surface area contributed by atoms with Gasteiger partial charge in [-0.05, 0) is 11.0 Å². The summed E-state index contributed by atoms with van der Waals surface area (Å²) in [5.74, 6) is -3.31. The minimum atomic E-state index is -2.16. The van der Waals surface area contributed by atoms with Gasteiger partial charge in [0, 0.05) is 0 Å². The maximum absolute atomic E-state index is 11.4. The number of carbonyl (C=O) groups is 2. The predicted molar refractivity (Wildman–Crippen MR) is 57.6 cm³/mol. The third-order valence-electron chi connectivity index (χ3n) is 2.94. The quantitative estimate of drug-likeness (QED) is 0.393. The Morgan fingerprint density at radius 3 is 1.53 bits per heavy atom. The molecule has 0 aliphatic rings. The summed E-state index contributed by atoms with van der Waals surface area (Å²) in [6, 6.07) is 7.76. The van der Waals surface area contributed by atoms with Crippen molar-refractivity contribution in [3.05, 3.63) is 35.9 Å². The molecular formula is C13H14Li2O4. The molecule has 0 aliphatic heterocycles. The van der Waals surface area contributed by atoms with Crippen molar-refractivity contribution >= 4 is 11.9 Å². The van der Waals surface area contributed by atoms with Crippen LogP contribution in [0, 0.1) is 5.41 Å². The Kier molecular flexibility index (Phi) is 7.85. The molecular weight excluding hydrogens is 234 g/mol. The van der Waals surface area contributed by atoms with Crippen LogP contribution < -0.4 is 47.9 Å². The van der Waals surface area contributed by atoms with E-state index in [-0.39, 0.29) is 43.3 Å². The van der Waals surface area contributed by atoms with Gasteiger partial charge in [-0.1, -0.05) is 51.1 Å². The Labute approximate surface area is 136 Å². The molecule has 0 amide bonds. The van der Waals surface area contributed by atoms with Crippen LogP contribution in [0.5, 0.6) is 0 Å². The topological polar surface area (TPSA) is 80.3 Å². The van der Waals surface area contributed by atoms with Crippen molar-refractivity contribution in [3.63, 3.8) is 0 Å². The Bertz CT molecular complexity index is 424. The van der Waals surface area contributed by atoms with Crippen LogP contribution in [0.1, 0.15) is 26.3 Å². The van der Waals surface area contributed by atoms with E-state index in [1.54, 1.807) is 18.2 Å². The molecule has 0 atom stereocenters. The molecule has 0 aromatic heterocycles. The summed E-state index contributed by atoms with van der Waals surface area (Å²) in [6.45, 7) is 4.60. The molecule has 92 valence electrons. The van der Waals surface area contributed by atoms with Crippen LogP contribution in [-0.2, 0) is 15.0 Å². The first-order valence-electron chi connectivity index (χ1n) is 5.23. The summed E-state index contributed by atoms with van der Waals surface area (Å²) in [5, 5.41) is 22.8. The summed E-state index contributed by atoms with van der Waals surface area (Å²) >= 11 is 0. The largest absolute Gasteiger partial charge is 1.00 e. The van der Waals surface area contributed by atoms with Crippen molar-refractivity contribution in [2.45, 2.75) is 26.2 Å². The van der Waals surface area contributed by atoms with Gasteiger partial charge in [-0.25, -0.2) is 0 Å². The first kappa shape index (κ1) is 20.7. The minimum absolute atomic E-state index is 0. The molecule has 0 spiro atoms. The van der Waals surface area contributed by atoms with Crippen LogP contribution in [0.4, 0.5) is 0 Å². The third kappa shape index (κ3) is 3.47. The number of hydrogen-bond acceptors (Lipinski definition) is 4. The summed E-state index contributed by atoms with van der Waals surface area (Å²) < 4.78 is 0. The molecule has 0 fully saturated rings. The van der Waals surface area contributed by atoms with Gasteiger partial charge in [-0.3, -0.25) is 0 Å². The molecule has 0 saturated heterocycles. The Morgan fingerprint density at radius 2 is 1.26 bits per heavy atom. The molecule has 0 heterocycles. The van der Waals surface area contributed by atoms with Gasteiger partial charge in [0.05, 0.1) is 17.4 Å². The molecule has 1 aromatic carbocycles. The molecule has 0 N–H and O–H groups in total. The zero-order chi connectivity index (χ0) is 13.3. The van der Waals surface area contributed by atoms with Crippen molar-refractivity contribution in [3.8, 4) is 0 Å². The monoisotopic (exact) mass is 248 g/mol. The third-order valence-corrected chi connectivity index (χ3v) is 2.94. The van der Waals surface area contributed by atoms with E-state index in [9.17, 15) is 19.8 Å². The maximum Gasteiger partial charge on any atom is 1.00 e. The summed E-state index contributed by atoms with van der Waals surface area (Å²) in [6.07, 6.45) is 0. The minimum Gasteiger partial charge on any atom is -0.549 e. The number of rotatable bonds is 3. The van der Waals surface area contributed by atoms with Crippen molar-refractivity contribution in [2.24, 2.45) is 5.41 Å². The van der Waals surface area contributed by atoms with E-state index < -0.39 is 22.8 Å². The summed E-state index contributed by atoms with van der Waals surface area (Å²) in [7, 11) is 0. The van der Waals surface area contributed by atoms with E-state index in [1.807, 2.05) is 0 Å². The smallest absolute Gasteiger partial charge is 0.549 e. The van der Waals surface area contributed by atoms with Crippen molar-refractivity contribution in [1.82, 2.24) is 0 Å². The fourth-order valence-corrected chi connectivity index (χ4v) is 2.05. The van der Waals surface area contributed by atoms with Gasteiger partial charge in [0.25, 0.3) is 0 Å². The molecule has 0 unspecified atom stereocenters. The Balaban J connectivity index is 0. The van der Waals surface area contributed by atoms with Gasteiger partial charge >= 0.3 is 37.7 Å². The fraction of sp³-hybridized carbons (Fsp3) is 0.385. The molecule has 6 heteroatoms. The van der Waals surface area contributed by atoms with Gasteiger partial charge in [0.1, 0.15) is 0 Å². The van der Waals surface area contributed by atoms with E-state index in [0.717, 1.165) is 0 Å². The van der Waals surface area contributed by atoms with Gasteiger partial charge < -0.3 is 19.8 Å². The Hall–Kier alpha value is -0.645. The number of carbonyl (C=O) groups excluding carboxylic acids is 2. The zero-order valence-corrected chi connectivity index (χ0v) is 12.0. The predicted octanol–water partition coefficient (Wildman–Crippen LogP) is -6.52. The van der Waals surface area contributed by atoms with Crippen LogP contribution in [0.3, 0.4) is 0 Å². The number of carboxylic acid groups (broad SMARTS) is 2. The van der Waals surface area contributed by atoms with E-state index in [0.29, 0.717) is 0 Å². The molecule has 0 saturated carbocycles. The first-order valence-corrected chi connectivity index (χ1v) is 5.23. The van der Waals surface area contributed by atoms with Gasteiger partial charge in [0.15, 0.2) is 0 Å². The van der Waals surface area contributed by atoms with Crippen molar-refractivity contribution in [2.75, 3.05) is 0 Å². The van der Waals surface area contributed by atoms with E-state index in [1.165, 1.54) is 32.9 Å². The Morgan fingerprint density at radius 1 is 0.895 bits per heavy atom. The normalized spacial score (nSPS) is 10.9. The van der Waals surface area contributed by atoms with Gasteiger partial charge in [-0.2, -0.15) is 0 Å². The number of hydrogen-bond donors (Lipinski definition) is 0. The second-order valence-corrected chi connectivity index (χ2v) is 4.94. The van der Waals surface area contributed by atoms with Gasteiger partial charge in [0.2, 0.25) is 0 Å². The van der Waals surface area contributed by atoms with Crippen molar-refractivity contribution in [1.29, 1.82) is 0 Å². The summed E-state index contributed by atoms with van der Waals surface area (Å²) in [4.78, 5) is 22.8. The molecule has 0 radical (unpaired) electrons. The molecule has 19 heavy (non-hydrogen) atoms. The second-order valence-electron chi connectivity index (χ2n) is 4.94. The number of aliphatic carboxylic acids is 2. The molecule has 0 aliphatic carbocycles. The standard InChI is InChI=1S/C13H16O4.2Li/c1-12(2,3)13(10(14)15,11(16)17)9-7-5-4-6-8-9;;/h4-8H,1-3H3,(H,14,15)(H,16,17);;/q;2*+1/p-2. The molecule has 1 rings (SSSR count). The maximum atomic E-state index is 11.4. The molecule has 4 nitrogen and oxygen atoms in total. The van der Waals surface area contributed by atoms with Crippen LogP contribution in [-0.4, -0.2) is 11.9 Å². The molecule has 0 bridgehead atoms. The zero-order valence-electron chi connectivity index (χ0n) is 12.0. The van der Waals surface area contributed by atoms with Gasteiger partial charge in [-0.15, -0.1) is 0 Å². The number of carboxylic acids is 2. The fourth-order valence-electron chi connectivity index (χ4n) is 2.05. The number of benzene rings is 1. The average molecular weight is 248 g/mol. The van der Waals surface area contributed by atoms with Crippen LogP contribution >= 0.6 is 0 Å².